The van der Waals surface area contributed by atoms with Gasteiger partial charge in [-0.15, -0.1) is 0 Å². The molecule has 2 N–H and O–H groups in total. The fourth-order valence-corrected chi connectivity index (χ4v) is 3.07. The Morgan fingerprint density at radius 3 is 2.35 bits per heavy atom. The second-order valence-corrected chi connectivity index (χ2v) is 8.20. The predicted molar refractivity (Wildman–Crippen MR) is 88.6 cm³/mol. The number of hydrogen-bond acceptors (Lipinski definition) is 2. The molecule has 4 nitrogen and oxygen atoms in total. The summed E-state index contributed by atoms with van der Waals surface area (Å²) >= 11 is 0. The summed E-state index contributed by atoms with van der Waals surface area (Å²) in [6.45, 7) is 7.30. The van der Waals surface area contributed by atoms with Crippen molar-refractivity contribution in [3.63, 3.8) is 0 Å². The Bertz CT molecular complexity index is 588. The molecule has 0 radical (unpaired) electrons. The zero-order valence-corrected chi connectivity index (χ0v) is 14.9. The standard InChI is InChI=1S/C16H24F2N2O2S/c1-10(9-23(5)22)19-15(21)20-14(16(2,3)4)12-7-6-11(17)8-13(12)18/h6-8,10,14H,9H2,1-5H3,(H2,19,20,21). The Labute approximate surface area is 138 Å². The van der Waals surface area contributed by atoms with E-state index >= 15 is 0 Å². The molecule has 0 aromatic heterocycles. The van der Waals surface area contributed by atoms with E-state index in [-0.39, 0.29) is 11.6 Å². The molecule has 1 aromatic carbocycles. The Kier molecular flexibility index (Phi) is 6.68. The molecule has 0 saturated carbocycles. The van der Waals surface area contributed by atoms with Gasteiger partial charge in [0.2, 0.25) is 0 Å². The minimum absolute atomic E-state index is 0.223. The molecule has 23 heavy (non-hydrogen) atoms. The van der Waals surface area contributed by atoms with Crippen molar-refractivity contribution in [1.82, 2.24) is 10.6 Å². The molecule has 0 spiro atoms. The van der Waals surface area contributed by atoms with Gasteiger partial charge in [0.1, 0.15) is 11.6 Å². The number of benzene rings is 1. The fraction of sp³-hybridized carbons (Fsp3) is 0.562. The van der Waals surface area contributed by atoms with Gasteiger partial charge in [0.25, 0.3) is 0 Å². The topological polar surface area (TPSA) is 58.2 Å². The van der Waals surface area contributed by atoms with Gasteiger partial charge in [0.05, 0.1) is 6.04 Å². The Hall–Kier alpha value is -1.50. The minimum atomic E-state index is -1.03. The van der Waals surface area contributed by atoms with Crippen LogP contribution in [0.3, 0.4) is 0 Å². The molecule has 0 saturated heterocycles. The van der Waals surface area contributed by atoms with E-state index in [0.717, 1.165) is 6.07 Å². The lowest BCUT2D eigenvalue weighted by Gasteiger charge is -2.32. The molecule has 0 aliphatic heterocycles. The van der Waals surface area contributed by atoms with E-state index in [1.807, 2.05) is 20.8 Å². The maximum Gasteiger partial charge on any atom is 0.315 e. The van der Waals surface area contributed by atoms with Gasteiger partial charge in [0, 0.05) is 40.5 Å². The molecule has 0 heterocycles. The molecule has 2 amide bonds. The van der Waals surface area contributed by atoms with Crippen LogP contribution < -0.4 is 10.6 Å². The highest BCUT2D eigenvalue weighted by Crippen LogP contribution is 2.34. The molecule has 7 heteroatoms. The zero-order valence-electron chi connectivity index (χ0n) is 14.1. The molecule has 130 valence electrons. The third-order valence-electron chi connectivity index (χ3n) is 3.28. The number of amides is 2. The number of urea groups is 1. The van der Waals surface area contributed by atoms with E-state index in [4.69, 9.17) is 0 Å². The van der Waals surface area contributed by atoms with Crippen LogP contribution in [0, 0.1) is 17.0 Å². The van der Waals surface area contributed by atoms with Crippen molar-refractivity contribution in [1.29, 1.82) is 0 Å². The fourth-order valence-electron chi connectivity index (χ4n) is 2.29. The first-order valence-corrected chi connectivity index (χ1v) is 9.05. The van der Waals surface area contributed by atoms with Crippen molar-refractivity contribution in [2.75, 3.05) is 12.0 Å². The number of halogens is 2. The van der Waals surface area contributed by atoms with Crippen LogP contribution in [-0.4, -0.2) is 28.3 Å². The predicted octanol–water partition coefficient (Wildman–Crippen LogP) is 3.12. The van der Waals surface area contributed by atoms with E-state index in [9.17, 15) is 17.8 Å². The van der Waals surface area contributed by atoms with Gasteiger partial charge >= 0.3 is 6.03 Å². The van der Waals surface area contributed by atoms with Crippen molar-refractivity contribution in [2.45, 2.75) is 39.8 Å². The maximum absolute atomic E-state index is 14.1. The van der Waals surface area contributed by atoms with E-state index in [1.54, 1.807) is 13.2 Å². The summed E-state index contributed by atoms with van der Waals surface area (Å²) < 4.78 is 38.3. The summed E-state index contributed by atoms with van der Waals surface area (Å²) in [5.41, 5.74) is -0.256. The zero-order chi connectivity index (χ0) is 17.8. The number of nitrogens with one attached hydrogen (secondary N) is 2. The molecule has 1 aromatic rings. The van der Waals surface area contributed by atoms with Crippen LogP contribution in [0.5, 0.6) is 0 Å². The molecule has 3 atom stereocenters. The summed E-state index contributed by atoms with van der Waals surface area (Å²) in [7, 11) is -1.03. The van der Waals surface area contributed by atoms with E-state index in [0.29, 0.717) is 5.75 Å². The summed E-state index contributed by atoms with van der Waals surface area (Å²) in [5.74, 6) is -1.03. The van der Waals surface area contributed by atoms with Crippen LogP contribution in [0.15, 0.2) is 18.2 Å². The van der Waals surface area contributed by atoms with Gasteiger partial charge < -0.3 is 10.6 Å². The second-order valence-electron chi connectivity index (χ2n) is 6.72. The van der Waals surface area contributed by atoms with E-state index in [1.165, 1.54) is 12.1 Å². The normalized spacial score (nSPS) is 15.6. The highest BCUT2D eigenvalue weighted by atomic mass is 32.2. The van der Waals surface area contributed by atoms with Crippen molar-refractivity contribution >= 4 is 16.8 Å². The smallest absolute Gasteiger partial charge is 0.315 e. The molecule has 0 aliphatic carbocycles. The van der Waals surface area contributed by atoms with Crippen LogP contribution in [0.4, 0.5) is 13.6 Å². The molecule has 0 aliphatic rings. The van der Waals surface area contributed by atoms with Crippen LogP contribution >= 0.6 is 0 Å². The molecule has 0 bridgehead atoms. The summed E-state index contributed by atoms with van der Waals surface area (Å²) in [4.78, 5) is 12.1. The van der Waals surface area contributed by atoms with E-state index in [2.05, 4.69) is 10.6 Å². The van der Waals surface area contributed by atoms with Crippen molar-refractivity contribution < 1.29 is 17.8 Å². The van der Waals surface area contributed by atoms with Crippen LogP contribution in [0.1, 0.15) is 39.3 Å². The molecular formula is C16H24F2N2O2S. The largest absolute Gasteiger partial charge is 0.335 e. The summed E-state index contributed by atoms with van der Waals surface area (Å²) in [6, 6.07) is 1.91. The third kappa shape index (κ3) is 6.25. The summed E-state index contributed by atoms with van der Waals surface area (Å²) in [6.07, 6.45) is 1.56. The van der Waals surface area contributed by atoms with Gasteiger partial charge in [-0.3, -0.25) is 4.21 Å². The van der Waals surface area contributed by atoms with Crippen molar-refractivity contribution in [3.05, 3.63) is 35.4 Å². The van der Waals surface area contributed by atoms with Crippen LogP contribution in [-0.2, 0) is 10.8 Å². The molecule has 3 unspecified atom stereocenters. The Morgan fingerprint density at radius 1 is 1.26 bits per heavy atom. The average Bonchev–Trinajstić information content (AvgIpc) is 2.34. The number of hydrogen-bond donors (Lipinski definition) is 2. The molecular weight excluding hydrogens is 322 g/mol. The van der Waals surface area contributed by atoms with Crippen LogP contribution in [0.2, 0.25) is 0 Å². The number of carbonyl (C=O) groups excluding carboxylic acids is 1. The Balaban J connectivity index is 2.92. The summed E-state index contributed by atoms with van der Waals surface area (Å²) in [5, 5.41) is 5.40. The monoisotopic (exact) mass is 346 g/mol. The highest BCUT2D eigenvalue weighted by Gasteiger charge is 2.30. The number of rotatable bonds is 5. The first-order valence-electron chi connectivity index (χ1n) is 7.32. The lowest BCUT2D eigenvalue weighted by Crippen LogP contribution is -2.47. The number of carbonyl (C=O) groups is 1. The van der Waals surface area contributed by atoms with Crippen molar-refractivity contribution in [2.24, 2.45) is 5.41 Å². The molecule has 1 rings (SSSR count). The van der Waals surface area contributed by atoms with Gasteiger partial charge in [0.15, 0.2) is 0 Å². The quantitative estimate of drug-likeness (QED) is 0.861. The van der Waals surface area contributed by atoms with Gasteiger partial charge in [-0.1, -0.05) is 26.8 Å². The second kappa shape index (κ2) is 7.86. The third-order valence-corrected chi connectivity index (χ3v) is 4.25. The highest BCUT2D eigenvalue weighted by molar-refractivity contribution is 7.84. The average molecular weight is 346 g/mol. The maximum atomic E-state index is 14.1. The van der Waals surface area contributed by atoms with Gasteiger partial charge in [-0.05, 0) is 18.4 Å². The van der Waals surface area contributed by atoms with Gasteiger partial charge in [-0.2, -0.15) is 0 Å². The van der Waals surface area contributed by atoms with Crippen molar-refractivity contribution in [3.8, 4) is 0 Å². The molecule has 0 fully saturated rings. The lowest BCUT2D eigenvalue weighted by molar-refractivity contribution is 0.215. The lowest BCUT2D eigenvalue weighted by atomic mass is 9.82. The van der Waals surface area contributed by atoms with E-state index < -0.39 is 39.9 Å². The first kappa shape index (κ1) is 19.5. The SMILES string of the molecule is CC(CS(C)=O)NC(=O)NC(c1ccc(F)cc1F)C(C)(C)C. The first-order chi connectivity index (χ1) is 10.5. The van der Waals surface area contributed by atoms with Gasteiger partial charge in [-0.25, -0.2) is 13.6 Å². The van der Waals surface area contributed by atoms with Crippen LogP contribution in [0.25, 0.3) is 0 Å². The minimum Gasteiger partial charge on any atom is -0.335 e. The Morgan fingerprint density at radius 2 is 1.87 bits per heavy atom.